The SMILES string of the molecule is Cc1nc(C(=O)N[C@H](C)C(F)(F)F)nc2c1N1CCC[C@@H](C1)N2C(=O)Nc1cc(OC[C@H](O)CO)ccn1. The number of alkyl halides is 3. The number of aliphatic hydroxyl groups excluding tert-OH is 2. The maximum Gasteiger partial charge on any atom is 0.408 e. The highest BCUT2D eigenvalue weighted by molar-refractivity contribution is 6.04. The molecule has 2 aromatic rings. The summed E-state index contributed by atoms with van der Waals surface area (Å²) in [6.45, 7) is 2.96. The zero-order valence-corrected chi connectivity index (χ0v) is 20.7. The lowest BCUT2D eigenvalue weighted by Crippen LogP contribution is -2.56. The number of carbonyl (C=O) groups excluding carboxylic acids is 2. The Morgan fingerprint density at radius 1 is 1.32 bits per heavy atom. The largest absolute Gasteiger partial charge is 0.491 e. The van der Waals surface area contributed by atoms with Crippen molar-refractivity contribution in [3.8, 4) is 5.75 Å². The number of halogens is 3. The van der Waals surface area contributed by atoms with Crippen LogP contribution in [0.25, 0.3) is 0 Å². The molecular weight excluding hydrogens is 511 g/mol. The van der Waals surface area contributed by atoms with Crippen LogP contribution in [-0.4, -0.2) is 87.8 Å². The van der Waals surface area contributed by atoms with Gasteiger partial charge in [0.1, 0.15) is 36.0 Å². The summed E-state index contributed by atoms with van der Waals surface area (Å²) < 4.78 is 44.3. The molecule has 2 aliphatic rings. The third kappa shape index (κ3) is 5.88. The summed E-state index contributed by atoms with van der Waals surface area (Å²) in [6.07, 6.45) is -2.90. The van der Waals surface area contributed by atoms with Crippen LogP contribution in [0.2, 0.25) is 0 Å². The Hall–Kier alpha value is -3.72. The van der Waals surface area contributed by atoms with E-state index < -0.39 is 42.7 Å². The van der Waals surface area contributed by atoms with Crippen molar-refractivity contribution in [1.82, 2.24) is 20.3 Å². The number of aliphatic hydroxyl groups is 2. The highest BCUT2D eigenvalue weighted by Gasteiger charge is 2.41. The Morgan fingerprint density at radius 3 is 2.79 bits per heavy atom. The summed E-state index contributed by atoms with van der Waals surface area (Å²) in [4.78, 5) is 42.0. The van der Waals surface area contributed by atoms with Gasteiger partial charge in [-0.05, 0) is 32.8 Å². The molecule has 1 saturated heterocycles. The minimum absolute atomic E-state index is 0.120. The number of nitrogens with one attached hydrogen (secondary N) is 2. The number of aromatic nitrogens is 3. The first-order chi connectivity index (χ1) is 18.0. The predicted octanol–water partition coefficient (Wildman–Crippen LogP) is 1.61. The number of fused-ring (bicyclic) bond motifs is 4. The molecule has 2 bridgehead atoms. The van der Waals surface area contributed by atoms with Crippen LogP contribution >= 0.6 is 0 Å². The van der Waals surface area contributed by atoms with E-state index in [-0.39, 0.29) is 24.3 Å². The zero-order chi connectivity index (χ0) is 27.6. The first-order valence-electron chi connectivity index (χ1n) is 12.0. The fourth-order valence-corrected chi connectivity index (χ4v) is 4.32. The lowest BCUT2D eigenvalue weighted by molar-refractivity contribution is -0.149. The minimum atomic E-state index is -4.64. The number of amides is 3. The van der Waals surface area contributed by atoms with E-state index >= 15 is 0 Å². The molecule has 2 aromatic heterocycles. The number of hydrogen-bond acceptors (Lipinski definition) is 9. The van der Waals surface area contributed by atoms with Crippen molar-refractivity contribution in [2.75, 3.05) is 41.4 Å². The van der Waals surface area contributed by atoms with Gasteiger partial charge in [-0.1, -0.05) is 0 Å². The molecule has 206 valence electrons. The Morgan fingerprint density at radius 2 is 2.08 bits per heavy atom. The normalized spacial score (nSPS) is 18.3. The lowest BCUT2D eigenvalue weighted by atomic mass is 9.99. The molecule has 3 amide bonds. The second-order valence-electron chi connectivity index (χ2n) is 9.11. The van der Waals surface area contributed by atoms with Gasteiger partial charge < -0.3 is 25.2 Å². The average Bonchev–Trinajstić information content (AvgIpc) is 2.86. The quantitative estimate of drug-likeness (QED) is 0.411. The molecule has 0 radical (unpaired) electrons. The molecule has 2 aliphatic heterocycles. The summed E-state index contributed by atoms with van der Waals surface area (Å²) in [5, 5.41) is 23.0. The van der Waals surface area contributed by atoms with Crippen molar-refractivity contribution in [1.29, 1.82) is 0 Å². The Bertz CT molecular complexity index is 1200. The van der Waals surface area contributed by atoms with Crippen LogP contribution in [0.5, 0.6) is 5.75 Å². The highest BCUT2D eigenvalue weighted by atomic mass is 19.4. The maximum absolute atomic E-state index is 13.5. The monoisotopic (exact) mass is 539 g/mol. The number of aryl methyl sites for hydroxylation is 1. The Balaban J connectivity index is 1.62. The van der Waals surface area contributed by atoms with E-state index in [1.165, 1.54) is 23.2 Å². The highest BCUT2D eigenvalue weighted by Crippen LogP contribution is 2.40. The summed E-state index contributed by atoms with van der Waals surface area (Å²) >= 11 is 0. The number of pyridine rings is 1. The standard InChI is InChI=1S/C23H28F3N7O5/c1-12-18-20(31-19(28-12)21(36)29-13(2)23(24,25)26)33(14-4-3-7-32(18)9-14)22(37)30-17-8-16(5-6-27-17)38-11-15(35)10-34/h5-6,8,13-15,34-35H,3-4,7,9-11H2,1-2H3,(H,29,36)(H,27,30,37)/t13-,14+,15-/m1/s1. The van der Waals surface area contributed by atoms with Gasteiger partial charge >= 0.3 is 12.2 Å². The number of carbonyl (C=O) groups is 2. The van der Waals surface area contributed by atoms with Crippen molar-refractivity contribution >= 4 is 29.3 Å². The molecular formula is C23H28F3N7O5. The molecule has 12 nitrogen and oxygen atoms in total. The van der Waals surface area contributed by atoms with E-state index in [9.17, 15) is 27.9 Å². The molecule has 0 aromatic carbocycles. The predicted molar refractivity (Wildman–Crippen MR) is 129 cm³/mol. The third-order valence-electron chi connectivity index (χ3n) is 6.23. The maximum atomic E-state index is 13.5. The first kappa shape index (κ1) is 27.3. The van der Waals surface area contributed by atoms with E-state index in [0.717, 1.165) is 13.3 Å². The van der Waals surface area contributed by atoms with Crippen LogP contribution in [0, 0.1) is 6.92 Å². The molecule has 0 spiro atoms. The fourth-order valence-electron chi connectivity index (χ4n) is 4.32. The molecule has 1 fully saturated rings. The Kier molecular flexibility index (Phi) is 7.87. The van der Waals surface area contributed by atoms with Crippen LogP contribution in [0.4, 0.5) is 35.3 Å². The van der Waals surface area contributed by atoms with Gasteiger partial charge in [-0.3, -0.25) is 15.0 Å². The van der Waals surface area contributed by atoms with Crippen molar-refractivity contribution < 1.29 is 37.7 Å². The second-order valence-corrected chi connectivity index (χ2v) is 9.11. The van der Waals surface area contributed by atoms with Gasteiger partial charge in [0.15, 0.2) is 5.82 Å². The van der Waals surface area contributed by atoms with Gasteiger partial charge in [0, 0.05) is 25.4 Å². The van der Waals surface area contributed by atoms with Crippen molar-refractivity contribution in [3.63, 3.8) is 0 Å². The summed E-state index contributed by atoms with van der Waals surface area (Å²) in [5.41, 5.74) is 0.883. The summed E-state index contributed by atoms with van der Waals surface area (Å²) in [5.74, 6) is -1.04. The smallest absolute Gasteiger partial charge is 0.408 e. The van der Waals surface area contributed by atoms with Gasteiger partial charge in [-0.2, -0.15) is 13.2 Å². The minimum Gasteiger partial charge on any atom is -0.491 e. The second kappa shape index (κ2) is 10.9. The van der Waals surface area contributed by atoms with Crippen LogP contribution in [0.1, 0.15) is 36.1 Å². The van der Waals surface area contributed by atoms with Crippen molar-refractivity contribution in [3.05, 3.63) is 29.8 Å². The molecule has 15 heteroatoms. The van der Waals surface area contributed by atoms with Gasteiger partial charge in [0.2, 0.25) is 5.82 Å². The molecule has 4 rings (SSSR count). The number of nitrogens with zero attached hydrogens (tertiary/aromatic N) is 5. The lowest BCUT2D eigenvalue weighted by Gasteiger charge is -2.46. The summed E-state index contributed by atoms with van der Waals surface area (Å²) in [6, 6.07) is -0.0849. The number of rotatable bonds is 7. The van der Waals surface area contributed by atoms with E-state index in [2.05, 4.69) is 20.3 Å². The van der Waals surface area contributed by atoms with Gasteiger partial charge in [0.25, 0.3) is 5.91 Å². The van der Waals surface area contributed by atoms with E-state index in [4.69, 9.17) is 9.84 Å². The topological polar surface area (TPSA) is 153 Å². The number of anilines is 3. The van der Waals surface area contributed by atoms with Crippen LogP contribution < -0.4 is 25.2 Å². The number of hydrogen-bond donors (Lipinski definition) is 4. The third-order valence-corrected chi connectivity index (χ3v) is 6.23. The van der Waals surface area contributed by atoms with E-state index in [0.29, 0.717) is 36.6 Å². The van der Waals surface area contributed by atoms with Crippen molar-refractivity contribution in [2.24, 2.45) is 0 Å². The molecule has 3 atom stereocenters. The molecule has 4 N–H and O–H groups in total. The van der Waals surface area contributed by atoms with E-state index in [1.807, 2.05) is 10.2 Å². The Labute approximate surface area is 215 Å². The number of ether oxygens (including phenoxy) is 1. The van der Waals surface area contributed by atoms with Gasteiger partial charge in [-0.25, -0.2) is 19.7 Å². The van der Waals surface area contributed by atoms with Crippen molar-refractivity contribution in [2.45, 2.75) is 51.1 Å². The van der Waals surface area contributed by atoms with Crippen LogP contribution in [-0.2, 0) is 0 Å². The van der Waals surface area contributed by atoms with Gasteiger partial charge in [-0.15, -0.1) is 0 Å². The van der Waals surface area contributed by atoms with Gasteiger partial charge in [0.05, 0.1) is 18.3 Å². The molecule has 0 aliphatic carbocycles. The molecule has 0 unspecified atom stereocenters. The van der Waals surface area contributed by atoms with Crippen LogP contribution in [0.15, 0.2) is 18.3 Å². The fraction of sp³-hybridized carbons (Fsp3) is 0.522. The molecule has 0 saturated carbocycles. The molecule has 4 heterocycles. The first-order valence-corrected chi connectivity index (χ1v) is 12.0. The number of piperidine rings is 1. The van der Waals surface area contributed by atoms with Crippen LogP contribution in [0.3, 0.4) is 0 Å². The number of urea groups is 1. The van der Waals surface area contributed by atoms with E-state index in [1.54, 1.807) is 6.92 Å². The molecule has 38 heavy (non-hydrogen) atoms. The zero-order valence-electron chi connectivity index (χ0n) is 20.7. The average molecular weight is 540 g/mol. The summed E-state index contributed by atoms with van der Waals surface area (Å²) in [7, 11) is 0.